The highest BCUT2D eigenvalue weighted by Crippen LogP contribution is 2.36. The van der Waals surface area contributed by atoms with E-state index in [-0.39, 0.29) is 11.3 Å². The monoisotopic (exact) mass is 330 g/mol. The molecular weight excluding hydrogens is 317 g/mol. The quantitative estimate of drug-likeness (QED) is 0.671. The summed E-state index contributed by atoms with van der Waals surface area (Å²) in [5.41, 5.74) is 0.886. The van der Waals surface area contributed by atoms with E-state index in [4.69, 9.17) is 0 Å². The molecule has 3 nitrogen and oxygen atoms in total. The second-order valence-electron chi connectivity index (χ2n) is 5.32. The van der Waals surface area contributed by atoms with Crippen molar-refractivity contribution in [2.45, 2.75) is 13.1 Å². The predicted molar refractivity (Wildman–Crippen MR) is 86.5 cm³/mol. The fourth-order valence-corrected chi connectivity index (χ4v) is 2.46. The largest absolute Gasteiger partial charge is 0.418 e. The molecule has 0 amide bonds. The zero-order valence-corrected chi connectivity index (χ0v) is 12.7. The molecule has 122 valence electrons. The van der Waals surface area contributed by atoms with Crippen LogP contribution in [0, 0.1) is 0 Å². The molecule has 0 bridgehead atoms. The van der Waals surface area contributed by atoms with Crippen molar-refractivity contribution in [1.82, 2.24) is 4.98 Å². The predicted octanol–water partition coefficient (Wildman–Crippen LogP) is 5.20. The van der Waals surface area contributed by atoms with Crippen LogP contribution >= 0.6 is 0 Å². The molecule has 0 atom stereocenters. The Morgan fingerprint density at radius 2 is 1.75 bits per heavy atom. The molecule has 2 aromatic carbocycles. The smallest absolute Gasteiger partial charge is 0.355 e. The number of carbonyl (C=O) groups excluding carboxylic acids is 1. The van der Waals surface area contributed by atoms with E-state index in [0.29, 0.717) is 22.3 Å². The topological polar surface area (TPSA) is 42.0 Å². The van der Waals surface area contributed by atoms with Gasteiger partial charge in [0.2, 0.25) is 0 Å². The zero-order chi connectivity index (χ0) is 17.3. The highest BCUT2D eigenvalue weighted by Gasteiger charge is 2.33. The molecule has 1 heterocycles. The van der Waals surface area contributed by atoms with Crippen LogP contribution in [0.3, 0.4) is 0 Å². The molecule has 24 heavy (non-hydrogen) atoms. The van der Waals surface area contributed by atoms with E-state index in [2.05, 4.69) is 10.3 Å². The second-order valence-corrected chi connectivity index (χ2v) is 5.32. The summed E-state index contributed by atoms with van der Waals surface area (Å²) in [7, 11) is 0. The SMILES string of the molecule is CC(=O)c1ccc(Nc2ccnc3c(C(F)(F)F)cccc23)cc1. The number of pyridine rings is 1. The summed E-state index contributed by atoms with van der Waals surface area (Å²) >= 11 is 0. The Labute approximate surface area is 136 Å². The van der Waals surface area contributed by atoms with Gasteiger partial charge in [-0.05, 0) is 43.3 Å². The first-order valence-electron chi connectivity index (χ1n) is 7.19. The zero-order valence-electron chi connectivity index (χ0n) is 12.7. The van der Waals surface area contributed by atoms with Crippen molar-refractivity contribution in [1.29, 1.82) is 0 Å². The molecule has 0 fully saturated rings. The van der Waals surface area contributed by atoms with E-state index in [1.54, 1.807) is 36.4 Å². The third-order valence-corrected chi connectivity index (χ3v) is 3.65. The van der Waals surface area contributed by atoms with Crippen molar-refractivity contribution in [2.75, 3.05) is 5.32 Å². The number of benzene rings is 2. The molecule has 0 unspecified atom stereocenters. The molecule has 0 aliphatic carbocycles. The lowest BCUT2D eigenvalue weighted by Gasteiger charge is -2.13. The lowest BCUT2D eigenvalue weighted by Crippen LogP contribution is -2.07. The van der Waals surface area contributed by atoms with Crippen LogP contribution in [-0.2, 0) is 6.18 Å². The lowest BCUT2D eigenvalue weighted by atomic mass is 10.1. The number of aromatic nitrogens is 1. The van der Waals surface area contributed by atoms with E-state index < -0.39 is 11.7 Å². The van der Waals surface area contributed by atoms with Crippen molar-refractivity contribution < 1.29 is 18.0 Å². The molecule has 1 N–H and O–H groups in total. The fraction of sp³-hybridized carbons (Fsp3) is 0.111. The van der Waals surface area contributed by atoms with Gasteiger partial charge in [-0.1, -0.05) is 12.1 Å². The van der Waals surface area contributed by atoms with Crippen LogP contribution in [0.4, 0.5) is 24.5 Å². The minimum absolute atomic E-state index is 0.0503. The first-order chi connectivity index (χ1) is 11.4. The minimum Gasteiger partial charge on any atom is -0.355 e. The number of ketones is 1. The first kappa shape index (κ1) is 16.0. The van der Waals surface area contributed by atoms with Crippen LogP contribution in [0.2, 0.25) is 0 Å². The highest BCUT2D eigenvalue weighted by atomic mass is 19.4. The van der Waals surface area contributed by atoms with Gasteiger partial charge < -0.3 is 5.32 Å². The highest BCUT2D eigenvalue weighted by molar-refractivity contribution is 5.96. The van der Waals surface area contributed by atoms with Gasteiger partial charge in [0.05, 0.1) is 11.1 Å². The molecular formula is C18H13F3N2O. The van der Waals surface area contributed by atoms with Crippen LogP contribution in [0.5, 0.6) is 0 Å². The molecule has 0 aliphatic rings. The molecule has 0 saturated heterocycles. The van der Waals surface area contributed by atoms with Gasteiger partial charge in [-0.2, -0.15) is 13.2 Å². The number of nitrogens with one attached hydrogen (secondary N) is 1. The molecule has 0 radical (unpaired) electrons. The van der Waals surface area contributed by atoms with Gasteiger partial charge in [0.15, 0.2) is 5.78 Å². The number of halogens is 3. The Hall–Kier alpha value is -2.89. The summed E-state index contributed by atoms with van der Waals surface area (Å²) in [5, 5.41) is 3.45. The van der Waals surface area contributed by atoms with Gasteiger partial charge in [0.25, 0.3) is 0 Å². The standard InChI is InChI=1S/C18H13F3N2O/c1-11(24)12-5-7-13(8-6-12)23-16-9-10-22-17-14(16)3-2-4-15(17)18(19,20)21/h2-10H,1H3,(H,22,23). The van der Waals surface area contributed by atoms with Crippen molar-refractivity contribution >= 4 is 28.1 Å². The number of anilines is 2. The summed E-state index contributed by atoms with van der Waals surface area (Å²) in [4.78, 5) is 15.2. The Bertz CT molecular complexity index is 902. The van der Waals surface area contributed by atoms with Crippen LogP contribution in [0.15, 0.2) is 54.7 Å². The Balaban J connectivity index is 2.03. The van der Waals surface area contributed by atoms with Gasteiger partial charge >= 0.3 is 6.18 Å². The molecule has 0 spiro atoms. The van der Waals surface area contributed by atoms with Gasteiger partial charge in [0, 0.05) is 28.5 Å². The average molecular weight is 330 g/mol. The Kier molecular flexibility index (Phi) is 3.97. The maximum atomic E-state index is 13.1. The molecule has 0 aliphatic heterocycles. The lowest BCUT2D eigenvalue weighted by molar-refractivity contribution is -0.136. The number of nitrogens with zero attached hydrogens (tertiary/aromatic N) is 1. The normalized spacial score (nSPS) is 11.5. The number of fused-ring (bicyclic) bond motifs is 1. The number of carbonyl (C=O) groups is 1. The van der Waals surface area contributed by atoms with E-state index in [9.17, 15) is 18.0 Å². The third-order valence-electron chi connectivity index (χ3n) is 3.65. The van der Waals surface area contributed by atoms with Crippen molar-refractivity contribution in [3.05, 3.63) is 65.9 Å². The van der Waals surface area contributed by atoms with Crippen molar-refractivity contribution in [3.63, 3.8) is 0 Å². The maximum absolute atomic E-state index is 13.1. The van der Waals surface area contributed by atoms with E-state index in [0.717, 1.165) is 6.07 Å². The number of alkyl halides is 3. The summed E-state index contributed by atoms with van der Waals surface area (Å²) < 4.78 is 39.3. The van der Waals surface area contributed by atoms with E-state index in [1.807, 2.05) is 0 Å². The number of Topliss-reactive ketones (excluding diaryl/α,β-unsaturated/α-hetero) is 1. The van der Waals surface area contributed by atoms with E-state index >= 15 is 0 Å². The van der Waals surface area contributed by atoms with Crippen molar-refractivity contribution in [3.8, 4) is 0 Å². The van der Waals surface area contributed by atoms with Crippen molar-refractivity contribution in [2.24, 2.45) is 0 Å². The number of para-hydroxylation sites is 1. The minimum atomic E-state index is -4.46. The fourth-order valence-electron chi connectivity index (χ4n) is 2.46. The van der Waals surface area contributed by atoms with Gasteiger partial charge in [-0.15, -0.1) is 0 Å². The Morgan fingerprint density at radius 3 is 2.38 bits per heavy atom. The van der Waals surface area contributed by atoms with Gasteiger partial charge in [0.1, 0.15) is 0 Å². The average Bonchev–Trinajstić information content (AvgIpc) is 2.54. The molecule has 6 heteroatoms. The first-order valence-corrected chi connectivity index (χ1v) is 7.19. The number of hydrogen-bond acceptors (Lipinski definition) is 3. The van der Waals surface area contributed by atoms with E-state index in [1.165, 1.54) is 19.2 Å². The summed E-state index contributed by atoms with van der Waals surface area (Å²) in [6, 6.07) is 12.3. The maximum Gasteiger partial charge on any atom is 0.418 e. The Morgan fingerprint density at radius 1 is 1.04 bits per heavy atom. The van der Waals surface area contributed by atoms with Crippen LogP contribution in [0.25, 0.3) is 10.9 Å². The van der Waals surface area contributed by atoms with Gasteiger partial charge in [-0.25, -0.2) is 0 Å². The molecule has 3 rings (SSSR count). The second kappa shape index (κ2) is 5.96. The summed E-state index contributed by atoms with van der Waals surface area (Å²) in [6.45, 7) is 1.47. The van der Waals surface area contributed by atoms with Crippen LogP contribution in [0.1, 0.15) is 22.8 Å². The number of hydrogen-bond donors (Lipinski definition) is 1. The number of rotatable bonds is 3. The van der Waals surface area contributed by atoms with Crippen LogP contribution < -0.4 is 5.32 Å². The van der Waals surface area contributed by atoms with Crippen LogP contribution in [-0.4, -0.2) is 10.8 Å². The van der Waals surface area contributed by atoms with Gasteiger partial charge in [-0.3, -0.25) is 9.78 Å². The third kappa shape index (κ3) is 3.08. The molecule has 0 saturated carbocycles. The summed E-state index contributed by atoms with van der Waals surface area (Å²) in [6.07, 6.45) is -3.13. The molecule has 3 aromatic rings. The molecule has 1 aromatic heterocycles. The summed E-state index contributed by atoms with van der Waals surface area (Å²) in [5.74, 6) is -0.0503.